The van der Waals surface area contributed by atoms with Crippen molar-refractivity contribution in [1.29, 1.82) is 0 Å². The number of rotatable bonds is 0. The van der Waals surface area contributed by atoms with Crippen LogP contribution in [0.2, 0.25) is 0 Å². The van der Waals surface area contributed by atoms with E-state index < -0.39 is 0 Å². The summed E-state index contributed by atoms with van der Waals surface area (Å²) in [6.45, 7) is 2.81. The van der Waals surface area contributed by atoms with Gasteiger partial charge in [0.2, 0.25) is 0 Å². The maximum atomic E-state index is 4.89. The molecule has 0 amide bonds. The van der Waals surface area contributed by atoms with E-state index in [9.17, 15) is 0 Å². The fourth-order valence-electron chi connectivity index (χ4n) is 0.597. The van der Waals surface area contributed by atoms with Crippen molar-refractivity contribution in [2.24, 2.45) is 0 Å². The van der Waals surface area contributed by atoms with Gasteiger partial charge in [0, 0.05) is 6.54 Å². The van der Waals surface area contributed by atoms with E-state index in [1.807, 2.05) is 6.54 Å². The Labute approximate surface area is 43.8 Å². The highest BCUT2D eigenvalue weighted by atomic mass is 16.6. The molecule has 41 valence electrons. The lowest BCUT2D eigenvalue weighted by atomic mass is 10.2. The summed E-state index contributed by atoms with van der Waals surface area (Å²) in [7, 11) is 0. The molecule has 1 aliphatic heterocycles. The Morgan fingerprint density at radius 2 is 2.43 bits per heavy atom. The Morgan fingerprint density at radius 3 is 3.43 bits per heavy atom. The van der Waals surface area contributed by atoms with Crippen LogP contribution in [0.3, 0.4) is 0 Å². The van der Waals surface area contributed by atoms with Crippen LogP contribution < -0.4 is 5.48 Å². The summed E-state index contributed by atoms with van der Waals surface area (Å²) in [6.07, 6.45) is 3.58. The Kier molecular flexibility index (Phi) is 2.17. The van der Waals surface area contributed by atoms with Crippen LogP contribution in [0.5, 0.6) is 0 Å². The highest BCUT2D eigenvalue weighted by molar-refractivity contribution is 4.57. The van der Waals surface area contributed by atoms with E-state index in [4.69, 9.17) is 4.84 Å². The summed E-state index contributed by atoms with van der Waals surface area (Å²) in [5, 5.41) is 0. The van der Waals surface area contributed by atoms with Gasteiger partial charge in [-0.1, -0.05) is 0 Å². The molecular formula is C5H10NO. The van der Waals surface area contributed by atoms with Crippen molar-refractivity contribution in [1.82, 2.24) is 5.48 Å². The molecule has 1 aliphatic rings. The molecule has 0 aromatic carbocycles. The minimum atomic E-state index is 0.858. The molecule has 0 aromatic heterocycles. The van der Waals surface area contributed by atoms with E-state index in [0.29, 0.717) is 0 Å². The van der Waals surface area contributed by atoms with Gasteiger partial charge in [0.1, 0.15) is 0 Å². The standard InChI is InChI=1S/C5H10NO/c1-2-4-6-7-5-3-1/h4,6H,1-3,5H2. The molecule has 1 rings (SSSR count). The van der Waals surface area contributed by atoms with E-state index in [0.717, 1.165) is 13.0 Å². The van der Waals surface area contributed by atoms with Crippen molar-refractivity contribution in [3.05, 3.63) is 6.54 Å². The van der Waals surface area contributed by atoms with Gasteiger partial charge in [-0.05, 0) is 19.3 Å². The number of hydroxylamine groups is 1. The van der Waals surface area contributed by atoms with Gasteiger partial charge in [-0.3, -0.25) is 0 Å². The maximum absolute atomic E-state index is 4.89. The van der Waals surface area contributed by atoms with E-state index in [1.165, 1.54) is 12.8 Å². The molecule has 7 heavy (non-hydrogen) atoms. The molecule has 0 aliphatic carbocycles. The van der Waals surface area contributed by atoms with Crippen molar-refractivity contribution in [3.8, 4) is 0 Å². The first-order chi connectivity index (χ1) is 3.50. The van der Waals surface area contributed by atoms with E-state index in [-0.39, 0.29) is 0 Å². The van der Waals surface area contributed by atoms with Crippen LogP contribution in [0.15, 0.2) is 0 Å². The molecular weight excluding hydrogens is 90.1 g/mol. The average Bonchev–Trinajstić information content (AvgIpc) is 1.90. The fraction of sp³-hybridized carbons (Fsp3) is 0.800. The Balaban J connectivity index is 2.04. The molecule has 1 heterocycles. The van der Waals surface area contributed by atoms with Crippen molar-refractivity contribution < 1.29 is 4.84 Å². The molecule has 0 spiro atoms. The Morgan fingerprint density at radius 1 is 1.43 bits per heavy atom. The molecule has 0 saturated carbocycles. The van der Waals surface area contributed by atoms with Crippen LogP contribution in [-0.2, 0) is 4.84 Å². The Hall–Kier alpha value is -0.0800. The largest absolute Gasteiger partial charge is 0.301 e. The summed E-state index contributed by atoms with van der Waals surface area (Å²) in [6, 6.07) is 0. The summed E-state index contributed by atoms with van der Waals surface area (Å²) < 4.78 is 0. The Bertz CT molecular complexity index is 27.7. The lowest BCUT2D eigenvalue weighted by Gasteiger charge is -1.93. The predicted octanol–water partition coefficient (Wildman–Crippen LogP) is 0.853. The van der Waals surface area contributed by atoms with Gasteiger partial charge in [0.15, 0.2) is 0 Å². The molecule has 1 N–H and O–H groups in total. The van der Waals surface area contributed by atoms with Crippen LogP contribution in [-0.4, -0.2) is 6.61 Å². The zero-order chi connectivity index (χ0) is 4.95. The topological polar surface area (TPSA) is 21.3 Å². The maximum Gasteiger partial charge on any atom is 0.0682 e. The second-order valence-corrected chi connectivity index (χ2v) is 1.67. The molecule has 1 saturated heterocycles. The highest BCUT2D eigenvalue weighted by Crippen LogP contribution is 2.00. The molecule has 0 bridgehead atoms. The number of hydrogen-bond acceptors (Lipinski definition) is 2. The lowest BCUT2D eigenvalue weighted by molar-refractivity contribution is 0.0670. The molecule has 2 heteroatoms. The van der Waals surface area contributed by atoms with Crippen LogP contribution >= 0.6 is 0 Å². The molecule has 0 aromatic rings. The SMILES string of the molecule is [CH]1CCCCON1. The minimum Gasteiger partial charge on any atom is -0.301 e. The van der Waals surface area contributed by atoms with E-state index in [2.05, 4.69) is 5.48 Å². The van der Waals surface area contributed by atoms with Gasteiger partial charge < -0.3 is 4.84 Å². The van der Waals surface area contributed by atoms with Crippen molar-refractivity contribution in [2.45, 2.75) is 19.3 Å². The van der Waals surface area contributed by atoms with Crippen molar-refractivity contribution in [3.63, 3.8) is 0 Å². The van der Waals surface area contributed by atoms with Crippen LogP contribution in [0, 0.1) is 6.54 Å². The third kappa shape index (κ3) is 1.90. The number of hydrogen-bond donors (Lipinski definition) is 1. The van der Waals surface area contributed by atoms with Gasteiger partial charge >= 0.3 is 0 Å². The van der Waals surface area contributed by atoms with Crippen molar-refractivity contribution in [2.75, 3.05) is 6.61 Å². The smallest absolute Gasteiger partial charge is 0.0682 e. The minimum absolute atomic E-state index is 0.858. The van der Waals surface area contributed by atoms with E-state index in [1.54, 1.807) is 0 Å². The first kappa shape index (κ1) is 5.06. The van der Waals surface area contributed by atoms with E-state index >= 15 is 0 Å². The second-order valence-electron chi connectivity index (χ2n) is 1.67. The summed E-state index contributed by atoms with van der Waals surface area (Å²) >= 11 is 0. The number of nitrogens with one attached hydrogen (secondary N) is 1. The third-order valence-electron chi connectivity index (χ3n) is 1.01. The van der Waals surface area contributed by atoms with Gasteiger partial charge in [0.05, 0.1) is 6.61 Å². The molecule has 0 atom stereocenters. The molecule has 0 unspecified atom stereocenters. The zero-order valence-electron chi connectivity index (χ0n) is 4.31. The fourth-order valence-corrected chi connectivity index (χ4v) is 0.597. The summed E-state index contributed by atoms with van der Waals surface area (Å²) in [5.41, 5.74) is 2.72. The van der Waals surface area contributed by atoms with Crippen LogP contribution in [0.25, 0.3) is 0 Å². The second kappa shape index (κ2) is 2.99. The van der Waals surface area contributed by atoms with Crippen LogP contribution in [0.1, 0.15) is 19.3 Å². The third-order valence-corrected chi connectivity index (χ3v) is 1.01. The van der Waals surface area contributed by atoms with Crippen LogP contribution in [0.4, 0.5) is 0 Å². The van der Waals surface area contributed by atoms with Gasteiger partial charge in [-0.25, -0.2) is 0 Å². The summed E-state index contributed by atoms with van der Waals surface area (Å²) in [4.78, 5) is 4.89. The predicted molar refractivity (Wildman–Crippen MR) is 27.2 cm³/mol. The lowest BCUT2D eigenvalue weighted by Crippen LogP contribution is -2.07. The average molecular weight is 100 g/mol. The van der Waals surface area contributed by atoms with Gasteiger partial charge in [0.25, 0.3) is 0 Å². The van der Waals surface area contributed by atoms with Gasteiger partial charge in [-0.15, -0.1) is 0 Å². The van der Waals surface area contributed by atoms with Gasteiger partial charge in [-0.2, -0.15) is 5.48 Å². The summed E-state index contributed by atoms with van der Waals surface area (Å²) in [5.74, 6) is 0. The first-order valence-electron chi connectivity index (χ1n) is 2.69. The zero-order valence-corrected chi connectivity index (χ0v) is 4.31. The quantitative estimate of drug-likeness (QED) is 0.487. The van der Waals surface area contributed by atoms with Crippen molar-refractivity contribution >= 4 is 0 Å². The monoisotopic (exact) mass is 100 g/mol. The normalized spacial score (nSPS) is 24.0. The highest BCUT2D eigenvalue weighted by Gasteiger charge is 1.94. The molecule has 1 fully saturated rings. The molecule has 2 nitrogen and oxygen atoms in total. The first-order valence-corrected chi connectivity index (χ1v) is 2.69. The molecule has 1 radical (unpaired) electrons.